The zero-order valence-corrected chi connectivity index (χ0v) is 17.9. The van der Waals surface area contributed by atoms with Gasteiger partial charge in [0.15, 0.2) is 5.75 Å². The molecular weight excluding hydrogens is 414 g/mol. The number of hydrogen-bond acceptors (Lipinski definition) is 7. The molecule has 1 atom stereocenters. The van der Waals surface area contributed by atoms with Gasteiger partial charge in [0, 0.05) is 24.7 Å². The van der Waals surface area contributed by atoms with Crippen LogP contribution in [0.2, 0.25) is 0 Å². The Labute approximate surface area is 185 Å². The number of phenolic OH excluding ortho intramolecular Hbond substituents is 1. The monoisotopic (exact) mass is 439 g/mol. The summed E-state index contributed by atoms with van der Waals surface area (Å²) in [6, 6.07) is 11.0. The predicted octanol–water partition coefficient (Wildman–Crippen LogP) is 3.06. The van der Waals surface area contributed by atoms with Crippen molar-refractivity contribution in [2.45, 2.75) is 19.9 Å². The van der Waals surface area contributed by atoms with Crippen LogP contribution in [0.4, 0.5) is 5.69 Å². The van der Waals surface area contributed by atoms with Crippen molar-refractivity contribution < 1.29 is 24.7 Å². The van der Waals surface area contributed by atoms with Crippen molar-refractivity contribution in [1.82, 2.24) is 9.80 Å². The van der Waals surface area contributed by atoms with Gasteiger partial charge in [-0.15, -0.1) is 0 Å². The van der Waals surface area contributed by atoms with Crippen LogP contribution in [0.15, 0.2) is 54.1 Å². The van der Waals surface area contributed by atoms with Gasteiger partial charge < -0.3 is 20.0 Å². The van der Waals surface area contributed by atoms with Crippen molar-refractivity contribution in [2.75, 3.05) is 26.2 Å². The summed E-state index contributed by atoms with van der Waals surface area (Å²) in [6.07, 6.45) is 0. The fourth-order valence-corrected chi connectivity index (χ4v) is 3.85. The normalized spacial score (nSPS) is 17.8. The van der Waals surface area contributed by atoms with Crippen LogP contribution in [0, 0.1) is 10.1 Å². The third-order valence-electron chi connectivity index (χ3n) is 5.65. The van der Waals surface area contributed by atoms with E-state index in [9.17, 15) is 29.9 Å². The van der Waals surface area contributed by atoms with Crippen molar-refractivity contribution in [3.63, 3.8) is 0 Å². The fraction of sp³-hybridized carbons (Fsp3) is 0.304. The highest BCUT2D eigenvalue weighted by Crippen LogP contribution is 2.41. The second kappa shape index (κ2) is 9.61. The number of Topliss-reactive ketones (excluding diaryl/α,β-unsaturated/α-hetero) is 1. The minimum absolute atomic E-state index is 0.138. The summed E-state index contributed by atoms with van der Waals surface area (Å²) in [7, 11) is 0. The number of rotatable bonds is 8. The van der Waals surface area contributed by atoms with Crippen molar-refractivity contribution >= 4 is 23.1 Å². The number of nitro benzene ring substituents is 1. The molecule has 0 radical (unpaired) electrons. The number of ketones is 1. The van der Waals surface area contributed by atoms with Crippen LogP contribution in [0.25, 0.3) is 5.76 Å². The lowest BCUT2D eigenvalue weighted by molar-refractivity contribution is -0.385. The summed E-state index contributed by atoms with van der Waals surface area (Å²) in [6.45, 7) is 6.14. The molecule has 1 saturated heterocycles. The number of likely N-dealkylation sites (tertiary alicyclic amines) is 1. The molecule has 1 heterocycles. The molecule has 0 bridgehead atoms. The molecule has 1 aliphatic heterocycles. The first-order valence-electron chi connectivity index (χ1n) is 10.3. The zero-order valence-electron chi connectivity index (χ0n) is 17.9. The van der Waals surface area contributed by atoms with Crippen LogP contribution < -0.4 is 0 Å². The Hall–Kier alpha value is -3.72. The van der Waals surface area contributed by atoms with E-state index in [1.165, 1.54) is 11.0 Å². The van der Waals surface area contributed by atoms with Gasteiger partial charge in [-0.25, -0.2) is 0 Å². The second-order valence-corrected chi connectivity index (χ2v) is 7.39. The number of carbonyl (C=O) groups is 2. The van der Waals surface area contributed by atoms with Crippen molar-refractivity contribution in [1.29, 1.82) is 0 Å². The van der Waals surface area contributed by atoms with Crippen LogP contribution in [0.3, 0.4) is 0 Å². The van der Waals surface area contributed by atoms with Crippen LogP contribution in [0.1, 0.15) is 31.0 Å². The summed E-state index contributed by atoms with van der Waals surface area (Å²) in [5.41, 5.74) is -0.0736. The lowest BCUT2D eigenvalue weighted by Crippen LogP contribution is -2.38. The van der Waals surface area contributed by atoms with Gasteiger partial charge in [-0.1, -0.05) is 50.2 Å². The Kier molecular flexibility index (Phi) is 6.89. The van der Waals surface area contributed by atoms with E-state index in [1.54, 1.807) is 30.3 Å². The van der Waals surface area contributed by atoms with E-state index in [0.717, 1.165) is 25.2 Å². The van der Waals surface area contributed by atoms with E-state index < -0.39 is 34.1 Å². The molecule has 0 aliphatic carbocycles. The number of aliphatic hydroxyl groups is 1. The third kappa shape index (κ3) is 4.33. The van der Waals surface area contributed by atoms with E-state index in [1.807, 2.05) is 13.8 Å². The number of amides is 1. The lowest BCUT2D eigenvalue weighted by atomic mass is 9.95. The smallest absolute Gasteiger partial charge is 0.311 e. The van der Waals surface area contributed by atoms with E-state index in [2.05, 4.69) is 4.90 Å². The summed E-state index contributed by atoms with van der Waals surface area (Å²) in [4.78, 5) is 39.9. The molecule has 32 heavy (non-hydrogen) atoms. The van der Waals surface area contributed by atoms with Gasteiger partial charge in [-0.2, -0.15) is 0 Å². The molecule has 0 saturated carbocycles. The Bertz CT molecular complexity index is 1060. The first-order chi connectivity index (χ1) is 15.3. The Morgan fingerprint density at radius 2 is 1.78 bits per heavy atom. The van der Waals surface area contributed by atoms with E-state index >= 15 is 0 Å². The quantitative estimate of drug-likeness (QED) is 0.213. The van der Waals surface area contributed by atoms with Gasteiger partial charge in [0.25, 0.3) is 11.7 Å². The topological polar surface area (TPSA) is 124 Å². The first kappa shape index (κ1) is 23.0. The minimum atomic E-state index is -1.02. The van der Waals surface area contributed by atoms with Gasteiger partial charge >= 0.3 is 5.69 Å². The van der Waals surface area contributed by atoms with Crippen LogP contribution in [-0.2, 0) is 9.59 Å². The van der Waals surface area contributed by atoms with E-state index in [0.29, 0.717) is 12.1 Å². The molecule has 0 spiro atoms. The van der Waals surface area contributed by atoms with Gasteiger partial charge in [-0.3, -0.25) is 19.7 Å². The highest BCUT2D eigenvalue weighted by Gasteiger charge is 2.46. The lowest BCUT2D eigenvalue weighted by Gasteiger charge is -2.28. The van der Waals surface area contributed by atoms with Gasteiger partial charge in [0.05, 0.1) is 16.5 Å². The number of likely N-dealkylation sites (N-methyl/N-ethyl adjacent to an activating group) is 1. The second-order valence-electron chi connectivity index (χ2n) is 7.39. The summed E-state index contributed by atoms with van der Waals surface area (Å²) in [5.74, 6) is -2.51. The zero-order chi connectivity index (χ0) is 23.4. The minimum Gasteiger partial charge on any atom is -0.507 e. The van der Waals surface area contributed by atoms with Crippen LogP contribution >= 0.6 is 0 Å². The average Bonchev–Trinajstić information content (AvgIpc) is 3.05. The summed E-state index contributed by atoms with van der Waals surface area (Å²) < 4.78 is 0. The van der Waals surface area contributed by atoms with Crippen LogP contribution in [-0.4, -0.2) is 62.8 Å². The van der Waals surface area contributed by atoms with Gasteiger partial charge in [0.1, 0.15) is 5.76 Å². The third-order valence-corrected chi connectivity index (χ3v) is 5.65. The highest BCUT2D eigenvalue weighted by atomic mass is 16.6. The molecule has 2 N–H and O–H groups in total. The number of phenols is 1. The molecule has 2 aromatic carbocycles. The molecule has 1 amide bonds. The molecule has 1 aliphatic rings. The maximum absolute atomic E-state index is 13.0. The number of nitro groups is 1. The molecule has 9 heteroatoms. The fourth-order valence-electron chi connectivity index (χ4n) is 3.85. The van der Waals surface area contributed by atoms with Crippen molar-refractivity contribution in [3.8, 4) is 5.75 Å². The number of benzene rings is 2. The van der Waals surface area contributed by atoms with Crippen molar-refractivity contribution in [3.05, 3.63) is 75.3 Å². The van der Waals surface area contributed by atoms with E-state index in [4.69, 9.17) is 0 Å². The maximum Gasteiger partial charge on any atom is 0.311 e. The molecule has 1 fully saturated rings. The standard InChI is InChI=1S/C23H25N3O6/c1-3-24(4-2)12-13-25-20(16-10-11-18(27)17(14-16)26(31)32)19(22(29)23(25)30)21(28)15-8-6-5-7-9-15/h5-11,14,20,27-28H,3-4,12-13H2,1-2H3/b21-19-. The molecular formula is C23H25N3O6. The van der Waals surface area contributed by atoms with Crippen LogP contribution in [0.5, 0.6) is 5.75 Å². The van der Waals surface area contributed by atoms with Gasteiger partial charge in [-0.05, 0) is 24.7 Å². The first-order valence-corrected chi connectivity index (χ1v) is 10.3. The van der Waals surface area contributed by atoms with Crippen molar-refractivity contribution in [2.24, 2.45) is 0 Å². The number of aromatic hydroxyl groups is 1. The molecule has 3 rings (SSSR count). The predicted molar refractivity (Wildman–Crippen MR) is 118 cm³/mol. The number of hydrogen-bond donors (Lipinski definition) is 2. The SMILES string of the molecule is CCN(CC)CCN1C(=O)C(=O)/C(=C(\O)c2ccccc2)C1c1ccc(O)c([N+](=O)[O-])c1. The van der Waals surface area contributed by atoms with Gasteiger partial charge in [0.2, 0.25) is 0 Å². The summed E-state index contributed by atoms with van der Waals surface area (Å²) >= 11 is 0. The average molecular weight is 439 g/mol. The Morgan fingerprint density at radius 3 is 2.38 bits per heavy atom. The maximum atomic E-state index is 13.0. The molecule has 168 valence electrons. The number of nitrogens with zero attached hydrogens (tertiary/aromatic N) is 3. The Balaban J connectivity index is 2.16. The largest absolute Gasteiger partial charge is 0.507 e. The number of carbonyl (C=O) groups excluding carboxylic acids is 2. The van der Waals surface area contributed by atoms with E-state index in [-0.39, 0.29) is 23.4 Å². The molecule has 2 aromatic rings. The molecule has 0 aromatic heterocycles. The molecule has 9 nitrogen and oxygen atoms in total. The highest BCUT2D eigenvalue weighted by molar-refractivity contribution is 6.46. The Morgan fingerprint density at radius 1 is 1.12 bits per heavy atom. The molecule has 1 unspecified atom stereocenters. The number of aliphatic hydroxyl groups excluding tert-OH is 1. The summed E-state index contributed by atoms with van der Waals surface area (Å²) in [5, 5.41) is 32.2.